The molecule has 0 radical (unpaired) electrons. The largest absolute Gasteiger partial charge is 0.496 e. The number of methoxy groups -OCH3 is 1. The lowest BCUT2D eigenvalue weighted by atomic mass is 9.93. The molecule has 2 aromatic heterocycles. The Morgan fingerprint density at radius 3 is 2.76 bits per heavy atom. The van der Waals surface area contributed by atoms with Crippen LogP contribution in [0.1, 0.15) is 47.6 Å². The van der Waals surface area contributed by atoms with Gasteiger partial charge in [0.15, 0.2) is 0 Å². The summed E-state index contributed by atoms with van der Waals surface area (Å²) in [5, 5.41) is 19.1. The number of para-hydroxylation sites is 1. The van der Waals surface area contributed by atoms with E-state index in [-0.39, 0.29) is 18.1 Å². The summed E-state index contributed by atoms with van der Waals surface area (Å²) >= 11 is 0. The lowest BCUT2D eigenvalue weighted by molar-refractivity contribution is 0.0947. The SMILES string of the molecule is COc1ccccc1C(=O)NCc1ccc(-c2nn(C3CCCC(O)C3)c3ccncc23)cc1. The van der Waals surface area contributed by atoms with Crippen LogP contribution < -0.4 is 10.1 Å². The van der Waals surface area contributed by atoms with Gasteiger partial charge in [0.05, 0.1) is 30.3 Å². The molecular weight excluding hydrogens is 428 g/mol. The van der Waals surface area contributed by atoms with E-state index >= 15 is 0 Å². The maximum Gasteiger partial charge on any atom is 0.255 e. The van der Waals surface area contributed by atoms with Crippen molar-refractivity contribution in [2.45, 2.75) is 44.4 Å². The number of rotatable bonds is 6. The zero-order valence-electron chi connectivity index (χ0n) is 19.1. The van der Waals surface area contributed by atoms with Crippen LogP contribution in [-0.4, -0.2) is 39.0 Å². The summed E-state index contributed by atoms with van der Waals surface area (Å²) in [6.45, 7) is 0.411. The molecule has 0 bridgehead atoms. The van der Waals surface area contributed by atoms with Gasteiger partial charge in [0.2, 0.25) is 0 Å². The molecule has 0 aliphatic heterocycles. The molecule has 2 unspecified atom stereocenters. The van der Waals surface area contributed by atoms with E-state index in [1.165, 1.54) is 0 Å². The number of aliphatic hydroxyl groups excluding tert-OH is 1. The Morgan fingerprint density at radius 1 is 1.15 bits per heavy atom. The van der Waals surface area contributed by atoms with Gasteiger partial charge in [0, 0.05) is 29.9 Å². The number of nitrogens with one attached hydrogen (secondary N) is 1. The molecule has 4 aromatic rings. The van der Waals surface area contributed by atoms with E-state index in [0.717, 1.165) is 53.4 Å². The maximum absolute atomic E-state index is 12.6. The Hall–Kier alpha value is -3.71. The van der Waals surface area contributed by atoms with Crippen molar-refractivity contribution < 1.29 is 14.6 Å². The van der Waals surface area contributed by atoms with Crippen LogP contribution in [0.15, 0.2) is 67.0 Å². The number of hydrogen-bond donors (Lipinski definition) is 2. The van der Waals surface area contributed by atoms with Crippen molar-refractivity contribution in [3.05, 3.63) is 78.1 Å². The van der Waals surface area contributed by atoms with Crippen LogP contribution >= 0.6 is 0 Å². The highest BCUT2D eigenvalue weighted by Crippen LogP contribution is 2.34. The molecule has 1 saturated carbocycles. The second-order valence-electron chi connectivity index (χ2n) is 8.74. The molecule has 5 rings (SSSR count). The lowest BCUT2D eigenvalue weighted by Crippen LogP contribution is -2.23. The molecule has 2 heterocycles. The minimum Gasteiger partial charge on any atom is -0.496 e. The molecule has 1 amide bonds. The van der Waals surface area contributed by atoms with Crippen LogP contribution in [-0.2, 0) is 6.54 Å². The first-order chi connectivity index (χ1) is 16.6. The zero-order chi connectivity index (χ0) is 23.5. The molecule has 34 heavy (non-hydrogen) atoms. The second kappa shape index (κ2) is 9.65. The highest BCUT2D eigenvalue weighted by molar-refractivity contribution is 5.97. The van der Waals surface area contributed by atoms with Gasteiger partial charge in [0.1, 0.15) is 11.4 Å². The van der Waals surface area contributed by atoms with Gasteiger partial charge in [0.25, 0.3) is 5.91 Å². The number of benzene rings is 2. The molecule has 1 fully saturated rings. The van der Waals surface area contributed by atoms with Crippen molar-refractivity contribution in [2.75, 3.05) is 7.11 Å². The van der Waals surface area contributed by atoms with Gasteiger partial charge in [-0.2, -0.15) is 5.10 Å². The zero-order valence-corrected chi connectivity index (χ0v) is 19.1. The summed E-state index contributed by atoms with van der Waals surface area (Å²) in [4.78, 5) is 16.9. The van der Waals surface area contributed by atoms with Crippen LogP contribution in [0.2, 0.25) is 0 Å². The number of aromatic nitrogens is 3. The van der Waals surface area contributed by atoms with E-state index in [4.69, 9.17) is 9.84 Å². The van der Waals surface area contributed by atoms with Gasteiger partial charge in [-0.25, -0.2) is 0 Å². The number of fused-ring (bicyclic) bond motifs is 1. The van der Waals surface area contributed by atoms with Crippen LogP contribution in [0.3, 0.4) is 0 Å². The quantitative estimate of drug-likeness (QED) is 0.446. The summed E-state index contributed by atoms with van der Waals surface area (Å²) in [6.07, 6.45) is 6.98. The van der Waals surface area contributed by atoms with Crippen molar-refractivity contribution >= 4 is 16.8 Å². The van der Waals surface area contributed by atoms with E-state index in [0.29, 0.717) is 17.9 Å². The van der Waals surface area contributed by atoms with Gasteiger partial charge in [-0.15, -0.1) is 0 Å². The number of ether oxygens (including phenoxy) is 1. The predicted molar refractivity (Wildman–Crippen MR) is 131 cm³/mol. The summed E-state index contributed by atoms with van der Waals surface area (Å²) in [6, 6.07) is 17.4. The molecule has 7 nitrogen and oxygen atoms in total. The van der Waals surface area contributed by atoms with Gasteiger partial charge >= 0.3 is 0 Å². The van der Waals surface area contributed by atoms with Gasteiger partial charge < -0.3 is 15.2 Å². The minimum atomic E-state index is -0.270. The summed E-state index contributed by atoms with van der Waals surface area (Å²) in [5.74, 6) is 0.379. The number of carbonyl (C=O) groups is 1. The monoisotopic (exact) mass is 456 g/mol. The van der Waals surface area contributed by atoms with Crippen molar-refractivity contribution in [3.63, 3.8) is 0 Å². The van der Waals surface area contributed by atoms with Gasteiger partial charge in [-0.1, -0.05) is 36.4 Å². The van der Waals surface area contributed by atoms with Crippen molar-refractivity contribution in [3.8, 4) is 17.0 Å². The lowest BCUT2D eigenvalue weighted by Gasteiger charge is -2.26. The van der Waals surface area contributed by atoms with Crippen LogP contribution in [0.4, 0.5) is 0 Å². The second-order valence-corrected chi connectivity index (χ2v) is 8.74. The highest BCUT2D eigenvalue weighted by Gasteiger charge is 2.25. The fourth-order valence-electron chi connectivity index (χ4n) is 4.73. The molecule has 2 aromatic carbocycles. The molecule has 7 heteroatoms. The predicted octanol–water partition coefficient (Wildman–Crippen LogP) is 4.51. The third-order valence-corrected chi connectivity index (χ3v) is 6.50. The Bertz CT molecular complexity index is 1300. The number of aliphatic hydroxyl groups is 1. The highest BCUT2D eigenvalue weighted by atomic mass is 16.5. The third kappa shape index (κ3) is 4.39. The molecule has 1 aliphatic rings. The molecule has 0 spiro atoms. The van der Waals surface area contributed by atoms with E-state index in [1.807, 2.05) is 48.7 Å². The number of nitrogens with zero attached hydrogens (tertiary/aromatic N) is 3. The average molecular weight is 457 g/mol. The minimum absolute atomic E-state index is 0.174. The topological polar surface area (TPSA) is 89.3 Å². The van der Waals surface area contributed by atoms with Crippen LogP contribution in [0, 0.1) is 0 Å². The van der Waals surface area contributed by atoms with Crippen LogP contribution in [0.25, 0.3) is 22.2 Å². The molecular formula is C27H28N4O3. The smallest absolute Gasteiger partial charge is 0.255 e. The van der Waals surface area contributed by atoms with Crippen LogP contribution in [0.5, 0.6) is 5.75 Å². The number of amides is 1. The first kappa shape index (κ1) is 22.1. The van der Waals surface area contributed by atoms with Crippen molar-refractivity contribution in [1.82, 2.24) is 20.1 Å². The first-order valence-corrected chi connectivity index (χ1v) is 11.6. The van der Waals surface area contributed by atoms with Crippen molar-refractivity contribution in [2.24, 2.45) is 0 Å². The molecule has 0 saturated heterocycles. The fourth-order valence-corrected chi connectivity index (χ4v) is 4.73. The molecule has 1 aliphatic carbocycles. The Balaban J connectivity index is 1.35. The molecule has 2 atom stereocenters. The number of hydrogen-bond acceptors (Lipinski definition) is 5. The summed E-state index contributed by atoms with van der Waals surface area (Å²) in [7, 11) is 1.56. The fraction of sp³-hybridized carbons (Fsp3) is 0.296. The molecule has 2 N–H and O–H groups in total. The Labute approximate surface area is 198 Å². The van der Waals surface area contributed by atoms with Crippen molar-refractivity contribution in [1.29, 1.82) is 0 Å². The maximum atomic E-state index is 12.6. The van der Waals surface area contributed by atoms with Gasteiger partial charge in [-0.05, 0) is 49.4 Å². The average Bonchev–Trinajstić information content (AvgIpc) is 3.27. The first-order valence-electron chi connectivity index (χ1n) is 11.6. The Morgan fingerprint density at radius 2 is 1.97 bits per heavy atom. The van der Waals surface area contributed by atoms with E-state index in [9.17, 15) is 9.90 Å². The third-order valence-electron chi connectivity index (χ3n) is 6.50. The van der Waals surface area contributed by atoms with E-state index in [2.05, 4.69) is 15.0 Å². The van der Waals surface area contributed by atoms with E-state index < -0.39 is 0 Å². The standard InChI is InChI=1S/C27H28N4O3/c1-34-25-8-3-2-7-22(25)27(33)29-16-18-9-11-19(12-10-18)26-23-17-28-14-13-24(23)31(30-26)20-5-4-6-21(32)15-20/h2-3,7-14,17,20-21,32H,4-6,15-16H2,1H3,(H,29,33). The Kier molecular flexibility index (Phi) is 6.27. The number of pyridine rings is 1. The van der Waals surface area contributed by atoms with Gasteiger partial charge in [-0.3, -0.25) is 14.5 Å². The summed E-state index contributed by atoms with van der Waals surface area (Å²) in [5.41, 5.74) is 4.42. The number of carbonyl (C=O) groups excluding carboxylic acids is 1. The van der Waals surface area contributed by atoms with E-state index in [1.54, 1.807) is 25.4 Å². The molecule has 174 valence electrons. The summed E-state index contributed by atoms with van der Waals surface area (Å²) < 4.78 is 7.35. The normalized spacial score (nSPS) is 18.1.